The van der Waals surface area contributed by atoms with Gasteiger partial charge >= 0.3 is 0 Å². The molecule has 5 nitrogen and oxygen atoms in total. The highest BCUT2D eigenvalue weighted by atomic mass is 16.6. The van der Waals surface area contributed by atoms with Crippen molar-refractivity contribution >= 4 is 0 Å². The van der Waals surface area contributed by atoms with Crippen molar-refractivity contribution in [3.05, 3.63) is 0 Å². The lowest BCUT2D eigenvalue weighted by molar-refractivity contribution is -0.252. The summed E-state index contributed by atoms with van der Waals surface area (Å²) in [6, 6.07) is 0. The van der Waals surface area contributed by atoms with Crippen molar-refractivity contribution in [1.82, 2.24) is 0 Å². The summed E-state index contributed by atoms with van der Waals surface area (Å²) in [5.74, 6) is 0. The molecule has 1 saturated heterocycles. The van der Waals surface area contributed by atoms with Crippen LogP contribution in [-0.4, -0.2) is 51.6 Å². The predicted octanol–water partition coefficient (Wildman–Crippen LogP) is -2.58. The van der Waals surface area contributed by atoms with Gasteiger partial charge in [0.25, 0.3) is 0 Å². The quantitative estimate of drug-likeness (QED) is 0.304. The molecule has 0 radical (unpaired) electrons. The molecule has 4 N–H and O–H groups in total. The average molecular weight is 150 g/mol. The van der Waals surface area contributed by atoms with Gasteiger partial charge in [0.15, 0.2) is 6.29 Å². The van der Waals surface area contributed by atoms with Crippen molar-refractivity contribution in [3.8, 4) is 0 Å². The van der Waals surface area contributed by atoms with Crippen molar-refractivity contribution in [2.45, 2.75) is 24.6 Å². The summed E-state index contributed by atoms with van der Waals surface area (Å²) in [7, 11) is 0. The molecule has 5 heteroatoms. The largest absolute Gasteiger partial charge is 0.388 e. The standard InChI is InChI=1S/C5H10O5/c6-2-1-10-5(9)4(8)3(2)7/h2-9H,1H2/t2-,3?,4+,5+/m0/s1. The summed E-state index contributed by atoms with van der Waals surface area (Å²) in [6.07, 6.45) is -5.23. The number of hydrogen-bond donors (Lipinski definition) is 4. The molecule has 0 saturated carbocycles. The molecule has 0 aromatic heterocycles. The van der Waals surface area contributed by atoms with E-state index in [9.17, 15) is 0 Å². The first-order valence-electron chi connectivity index (χ1n) is 2.97. The summed E-state index contributed by atoms with van der Waals surface area (Å²) in [4.78, 5) is 0. The molecule has 0 spiro atoms. The summed E-state index contributed by atoms with van der Waals surface area (Å²) in [5, 5.41) is 35.3. The molecule has 1 unspecified atom stereocenters. The lowest BCUT2D eigenvalue weighted by atomic mass is 10.1. The molecule has 0 aliphatic carbocycles. The second kappa shape index (κ2) is 2.81. The fraction of sp³-hybridized carbons (Fsp3) is 1.00. The summed E-state index contributed by atoms with van der Waals surface area (Å²) in [5.41, 5.74) is 0. The van der Waals surface area contributed by atoms with E-state index in [0.717, 1.165) is 0 Å². The first kappa shape index (κ1) is 7.90. The Kier molecular flexibility index (Phi) is 2.22. The lowest BCUT2D eigenvalue weighted by Crippen LogP contribution is -2.52. The molecule has 10 heavy (non-hydrogen) atoms. The van der Waals surface area contributed by atoms with E-state index in [2.05, 4.69) is 4.74 Å². The molecule has 60 valence electrons. The van der Waals surface area contributed by atoms with Crippen LogP contribution in [0.2, 0.25) is 0 Å². The van der Waals surface area contributed by atoms with Crippen LogP contribution in [0.15, 0.2) is 0 Å². The Morgan fingerprint density at radius 2 is 1.60 bits per heavy atom. The van der Waals surface area contributed by atoms with Crippen LogP contribution in [0.5, 0.6) is 0 Å². The maximum atomic E-state index is 8.88. The molecular formula is C5H10O5. The van der Waals surface area contributed by atoms with Gasteiger partial charge in [-0.1, -0.05) is 0 Å². The lowest BCUT2D eigenvalue weighted by Gasteiger charge is -2.31. The van der Waals surface area contributed by atoms with E-state index in [0.29, 0.717) is 0 Å². The van der Waals surface area contributed by atoms with Gasteiger partial charge in [-0.05, 0) is 0 Å². The Morgan fingerprint density at radius 1 is 1.00 bits per heavy atom. The van der Waals surface area contributed by atoms with Crippen molar-refractivity contribution in [2.75, 3.05) is 6.61 Å². The maximum absolute atomic E-state index is 8.88. The van der Waals surface area contributed by atoms with Gasteiger partial charge in [-0.15, -0.1) is 0 Å². The van der Waals surface area contributed by atoms with Crippen molar-refractivity contribution < 1.29 is 25.2 Å². The monoisotopic (exact) mass is 150 g/mol. The number of aliphatic hydroxyl groups excluding tert-OH is 4. The highest BCUT2D eigenvalue weighted by Gasteiger charge is 2.36. The smallest absolute Gasteiger partial charge is 0.183 e. The third-order valence-electron chi connectivity index (χ3n) is 1.47. The number of rotatable bonds is 0. The first-order chi connectivity index (χ1) is 4.63. The molecule has 1 fully saturated rings. The minimum Gasteiger partial charge on any atom is -0.388 e. The van der Waals surface area contributed by atoms with E-state index < -0.39 is 24.6 Å². The topological polar surface area (TPSA) is 90.2 Å². The molecular weight excluding hydrogens is 140 g/mol. The molecule has 1 aliphatic heterocycles. The summed E-state index contributed by atoms with van der Waals surface area (Å²) >= 11 is 0. The highest BCUT2D eigenvalue weighted by Crippen LogP contribution is 2.12. The normalized spacial score (nSPS) is 49.2. The fourth-order valence-electron chi connectivity index (χ4n) is 0.791. The van der Waals surface area contributed by atoms with Crippen molar-refractivity contribution in [1.29, 1.82) is 0 Å². The van der Waals surface area contributed by atoms with Crippen LogP contribution in [0.4, 0.5) is 0 Å². The van der Waals surface area contributed by atoms with E-state index in [1.165, 1.54) is 0 Å². The van der Waals surface area contributed by atoms with Crippen molar-refractivity contribution in [3.63, 3.8) is 0 Å². The predicted molar refractivity (Wildman–Crippen MR) is 30.0 cm³/mol. The van der Waals surface area contributed by atoms with Gasteiger partial charge in [-0.3, -0.25) is 0 Å². The third-order valence-corrected chi connectivity index (χ3v) is 1.47. The van der Waals surface area contributed by atoms with Gasteiger partial charge in [-0.25, -0.2) is 0 Å². The van der Waals surface area contributed by atoms with E-state index in [1.54, 1.807) is 0 Å². The van der Waals surface area contributed by atoms with Gasteiger partial charge in [0.2, 0.25) is 0 Å². The molecule has 1 rings (SSSR count). The van der Waals surface area contributed by atoms with Gasteiger partial charge < -0.3 is 25.2 Å². The number of ether oxygens (including phenoxy) is 1. The second-order valence-corrected chi connectivity index (χ2v) is 2.27. The average Bonchev–Trinajstić information content (AvgIpc) is 1.93. The van der Waals surface area contributed by atoms with E-state index in [1.807, 2.05) is 0 Å². The summed E-state index contributed by atoms with van der Waals surface area (Å²) < 4.78 is 4.47. The Morgan fingerprint density at radius 3 is 2.10 bits per heavy atom. The maximum Gasteiger partial charge on any atom is 0.183 e. The van der Waals surface area contributed by atoms with Gasteiger partial charge in [0.05, 0.1) is 6.61 Å². The Hall–Kier alpha value is -0.200. The Labute approximate surface area is 57.5 Å². The van der Waals surface area contributed by atoms with Gasteiger partial charge in [-0.2, -0.15) is 0 Å². The minimum absolute atomic E-state index is 0.153. The zero-order valence-electron chi connectivity index (χ0n) is 5.21. The van der Waals surface area contributed by atoms with Crippen LogP contribution in [0.25, 0.3) is 0 Å². The highest BCUT2D eigenvalue weighted by molar-refractivity contribution is 4.81. The Bertz CT molecular complexity index is 103. The summed E-state index contributed by atoms with van der Waals surface area (Å²) in [6.45, 7) is -0.153. The van der Waals surface area contributed by atoms with Gasteiger partial charge in [0.1, 0.15) is 18.3 Å². The SMILES string of the molecule is OC1[C@@H](O)[C@H](O)OC[C@@H]1O. The Balaban J connectivity index is 2.52. The number of aliphatic hydroxyl groups is 4. The van der Waals surface area contributed by atoms with Crippen LogP contribution in [0, 0.1) is 0 Å². The van der Waals surface area contributed by atoms with E-state index in [4.69, 9.17) is 20.4 Å². The first-order valence-corrected chi connectivity index (χ1v) is 2.97. The third kappa shape index (κ3) is 1.28. The molecule has 0 aromatic rings. The fourth-order valence-corrected chi connectivity index (χ4v) is 0.791. The molecule has 1 heterocycles. The molecule has 0 bridgehead atoms. The van der Waals surface area contributed by atoms with Gasteiger partial charge in [0, 0.05) is 0 Å². The van der Waals surface area contributed by atoms with Crippen LogP contribution in [0.1, 0.15) is 0 Å². The molecule has 0 amide bonds. The zero-order chi connectivity index (χ0) is 7.72. The van der Waals surface area contributed by atoms with Crippen LogP contribution in [-0.2, 0) is 4.74 Å². The second-order valence-electron chi connectivity index (χ2n) is 2.27. The van der Waals surface area contributed by atoms with Crippen LogP contribution < -0.4 is 0 Å². The number of hydrogen-bond acceptors (Lipinski definition) is 5. The minimum atomic E-state index is -1.41. The van der Waals surface area contributed by atoms with Crippen LogP contribution >= 0.6 is 0 Å². The molecule has 4 atom stereocenters. The van der Waals surface area contributed by atoms with Crippen LogP contribution in [0.3, 0.4) is 0 Å². The van der Waals surface area contributed by atoms with E-state index in [-0.39, 0.29) is 6.61 Å². The van der Waals surface area contributed by atoms with E-state index >= 15 is 0 Å². The zero-order valence-corrected chi connectivity index (χ0v) is 5.21. The van der Waals surface area contributed by atoms with Crippen molar-refractivity contribution in [2.24, 2.45) is 0 Å². The molecule has 1 aliphatic rings. The molecule has 0 aromatic carbocycles.